The molecule has 0 saturated carbocycles. The highest BCUT2D eigenvalue weighted by molar-refractivity contribution is 7.99. The standard InChI is InChI=1S/C12H13ClN4O4S2/c1-3-17-12(14-15-16-17)22-5-8-6(2)9(23(20)21)4-7(10(8)13)11(18)19/h4,6H,3,5H2,1-2H3,(H,18,19). The average molecular weight is 377 g/mol. The first-order valence-electron chi connectivity index (χ1n) is 6.55. The third-order valence-corrected chi connectivity index (χ3v) is 5.64. The number of tetrazole rings is 1. The maximum absolute atomic E-state index is 11.3. The van der Waals surface area contributed by atoms with Crippen LogP contribution >= 0.6 is 23.4 Å². The first-order chi connectivity index (χ1) is 10.9. The molecule has 1 heterocycles. The second kappa shape index (κ2) is 7.28. The zero-order valence-corrected chi connectivity index (χ0v) is 14.6. The second-order valence-electron chi connectivity index (χ2n) is 4.63. The van der Waals surface area contributed by atoms with Crippen molar-refractivity contribution < 1.29 is 18.3 Å². The normalized spacial score (nSPS) is 18.1. The van der Waals surface area contributed by atoms with Gasteiger partial charge in [-0.3, -0.25) is 0 Å². The molecule has 0 radical (unpaired) electrons. The van der Waals surface area contributed by atoms with Crippen molar-refractivity contribution in [1.29, 1.82) is 0 Å². The third-order valence-electron chi connectivity index (χ3n) is 3.33. The lowest BCUT2D eigenvalue weighted by atomic mass is 9.90. The zero-order valence-electron chi connectivity index (χ0n) is 12.2. The number of aromatic nitrogens is 4. The summed E-state index contributed by atoms with van der Waals surface area (Å²) in [5.41, 5.74) is 0.288. The van der Waals surface area contributed by atoms with Gasteiger partial charge >= 0.3 is 5.97 Å². The molecule has 1 N–H and O–H groups in total. The lowest BCUT2D eigenvalue weighted by Gasteiger charge is -2.22. The van der Waals surface area contributed by atoms with Crippen LogP contribution in [0, 0.1) is 5.92 Å². The summed E-state index contributed by atoms with van der Waals surface area (Å²) in [5.74, 6) is -1.50. The minimum Gasteiger partial charge on any atom is -0.478 e. The molecule has 1 aromatic rings. The Bertz CT molecular complexity index is 833. The summed E-state index contributed by atoms with van der Waals surface area (Å²) in [6.45, 7) is 4.13. The van der Waals surface area contributed by atoms with Crippen LogP contribution in [0.15, 0.2) is 27.4 Å². The fourth-order valence-electron chi connectivity index (χ4n) is 2.04. The number of hydrogen-bond donors (Lipinski definition) is 1. The number of halogens is 1. The molecule has 0 spiro atoms. The van der Waals surface area contributed by atoms with Crippen molar-refractivity contribution in [2.45, 2.75) is 25.5 Å². The molecular formula is C12H13ClN4O4S2. The first kappa shape index (κ1) is 17.7. The van der Waals surface area contributed by atoms with Gasteiger partial charge in [-0.1, -0.05) is 30.3 Å². The predicted octanol–water partition coefficient (Wildman–Crippen LogP) is 0.990. The highest BCUT2D eigenvalue weighted by Crippen LogP contribution is 2.34. The molecule has 0 bridgehead atoms. The number of carboxylic acids is 1. The molecule has 0 aliphatic heterocycles. The largest absolute Gasteiger partial charge is 0.478 e. The summed E-state index contributed by atoms with van der Waals surface area (Å²) in [5, 5.41) is 21.0. The van der Waals surface area contributed by atoms with Crippen molar-refractivity contribution >= 4 is 44.5 Å². The Kier molecular flexibility index (Phi) is 5.60. The number of aryl methyl sites for hydroxylation is 1. The maximum atomic E-state index is 11.3. The summed E-state index contributed by atoms with van der Waals surface area (Å²) in [6, 6.07) is 0. The minimum atomic E-state index is -2.52. The van der Waals surface area contributed by atoms with E-state index in [0.29, 0.717) is 17.3 Å². The number of rotatable bonds is 5. The van der Waals surface area contributed by atoms with Gasteiger partial charge in [0.25, 0.3) is 0 Å². The van der Waals surface area contributed by atoms with Gasteiger partial charge in [-0.15, -0.1) is 5.10 Å². The monoisotopic (exact) mass is 376 g/mol. The summed E-state index contributed by atoms with van der Waals surface area (Å²) < 4.78 is 24.3. The third kappa shape index (κ3) is 3.65. The van der Waals surface area contributed by atoms with Crippen molar-refractivity contribution in [3.05, 3.63) is 22.3 Å². The molecular weight excluding hydrogens is 364 g/mol. The van der Waals surface area contributed by atoms with Crippen LogP contribution in [-0.4, -0.2) is 50.3 Å². The van der Waals surface area contributed by atoms with E-state index in [9.17, 15) is 18.3 Å². The van der Waals surface area contributed by atoms with Crippen LogP contribution in [0.5, 0.6) is 0 Å². The van der Waals surface area contributed by atoms with Gasteiger partial charge in [0.05, 0.1) is 15.5 Å². The van der Waals surface area contributed by atoms with Crippen molar-refractivity contribution in [1.82, 2.24) is 20.2 Å². The minimum absolute atomic E-state index is 0.00233. The summed E-state index contributed by atoms with van der Waals surface area (Å²) in [6.07, 6.45) is 1.10. The Balaban J connectivity index is 2.38. The SMILES string of the molecule is CCn1nnnc1SCC1=C(Cl)C(C(=O)O)=CC(=S(=O)=O)C1C. The van der Waals surface area contributed by atoms with Crippen LogP contribution in [-0.2, 0) is 21.6 Å². The van der Waals surface area contributed by atoms with Gasteiger partial charge < -0.3 is 5.11 Å². The topological polar surface area (TPSA) is 115 Å². The van der Waals surface area contributed by atoms with E-state index in [1.54, 1.807) is 11.6 Å². The molecule has 1 unspecified atom stereocenters. The molecule has 0 fully saturated rings. The van der Waals surface area contributed by atoms with E-state index in [1.807, 2.05) is 6.92 Å². The Hall–Kier alpha value is -1.65. The van der Waals surface area contributed by atoms with Gasteiger partial charge in [0.1, 0.15) is 0 Å². The Morgan fingerprint density at radius 1 is 1.52 bits per heavy atom. The highest BCUT2D eigenvalue weighted by Gasteiger charge is 2.29. The van der Waals surface area contributed by atoms with Gasteiger partial charge in [-0.2, -0.15) is 8.42 Å². The summed E-state index contributed by atoms with van der Waals surface area (Å²) in [4.78, 5) is 11.3. The lowest BCUT2D eigenvalue weighted by molar-refractivity contribution is -0.132. The van der Waals surface area contributed by atoms with Crippen LogP contribution in [0.4, 0.5) is 0 Å². The van der Waals surface area contributed by atoms with Crippen LogP contribution in [0.1, 0.15) is 13.8 Å². The van der Waals surface area contributed by atoms with Crippen LogP contribution in [0.3, 0.4) is 0 Å². The fraction of sp³-hybridized carbons (Fsp3) is 0.417. The van der Waals surface area contributed by atoms with E-state index < -0.39 is 22.2 Å². The smallest absolute Gasteiger partial charge is 0.337 e. The number of carboxylic acid groups (broad SMARTS) is 1. The molecule has 0 aromatic carbocycles. The first-order valence-corrected chi connectivity index (χ1v) is 8.99. The second-order valence-corrected chi connectivity index (χ2v) is 6.89. The summed E-state index contributed by atoms with van der Waals surface area (Å²) >= 11 is 7.44. The van der Waals surface area contributed by atoms with Gasteiger partial charge in [0.15, 0.2) is 0 Å². The molecule has 11 heteroatoms. The highest BCUT2D eigenvalue weighted by atomic mass is 35.5. The van der Waals surface area contributed by atoms with E-state index in [0.717, 1.165) is 6.08 Å². The number of thioether (sulfide) groups is 1. The van der Waals surface area contributed by atoms with Crippen molar-refractivity contribution in [2.75, 3.05) is 5.75 Å². The molecule has 1 aromatic heterocycles. The maximum Gasteiger partial charge on any atom is 0.337 e. The van der Waals surface area contributed by atoms with E-state index in [2.05, 4.69) is 15.5 Å². The van der Waals surface area contributed by atoms with Crippen LogP contribution < -0.4 is 0 Å². The molecule has 1 aliphatic rings. The summed E-state index contributed by atoms with van der Waals surface area (Å²) in [7, 11) is -2.52. The molecule has 8 nitrogen and oxygen atoms in total. The number of nitrogens with zero attached hydrogens (tertiary/aromatic N) is 4. The number of aliphatic carboxylic acids is 1. The van der Waals surface area contributed by atoms with Crippen molar-refractivity contribution in [3.63, 3.8) is 0 Å². The van der Waals surface area contributed by atoms with E-state index >= 15 is 0 Å². The molecule has 23 heavy (non-hydrogen) atoms. The van der Waals surface area contributed by atoms with Gasteiger partial charge in [-0.05, 0) is 29.0 Å². The molecule has 0 saturated heterocycles. The Morgan fingerprint density at radius 3 is 2.78 bits per heavy atom. The van der Waals surface area contributed by atoms with Gasteiger partial charge in [0, 0.05) is 18.2 Å². The van der Waals surface area contributed by atoms with E-state index in [1.165, 1.54) is 11.8 Å². The van der Waals surface area contributed by atoms with E-state index in [-0.39, 0.29) is 21.2 Å². The fourth-order valence-corrected chi connectivity index (χ4v) is 4.22. The Labute approximate surface area is 142 Å². The molecule has 1 atom stereocenters. The quantitative estimate of drug-likeness (QED) is 0.597. The predicted molar refractivity (Wildman–Crippen MR) is 85.9 cm³/mol. The molecule has 124 valence electrons. The molecule has 0 amide bonds. The van der Waals surface area contributed by atoms with Crippen molar-refractivity contribution in [3.8, 4) is 0 Å². The number of allylic oxidation sites excluding steroid dienone is 1. The molecule has 2 rings (SSSR count). The van der Waals surface area contributed by atoms with Gasteiger partial charge in [0.2, 0.25) is 15.4 Å². The van der Waals surface area contributed by atoms with E-state index in [4.69, 9.17) is 11.6 Å². The van der Waals surface area contributed by atoms with Crippen LogP contribution in [0.2, 0.25) is 0 Å². The lowest BCUT2D eigenvalue weighted by Crippen LogP contribution is -2.22. The zero-order chi connectivity index (χ0) is 17.1. The van der Waals surface area contributed by atoms with Gasteiger partial charge in [-0.25, -0.2) is 9.48 Å². The number of carbonyl (C=O) groups is 1. The number of hydrogen-bond acceptors (Lipinski definition) is 7. The average Bonchev–Trinajstić information content (AvgIpc) is 2.93. The van der Waals surface area contributed by atoms with Crippen LogP contribution in [0.25, 0.3) is 0 Å². The Morgan fingerprint density at radius 2 is 2.22 bits per heavy atom. The molecule has 1 aliphatic carbocycles. The van der Waals surface area contributed by atoms with Crippen molar-refractivity contribution in [2.24, 2.45) is 5.92 Å².